The quantitative estimate of drug-likeness (QED) is 0.820. The van der Waals surface area contributed by atoms with Crippen molar-refractivity contribution in [2.75, 3.05) is 18.8 Å². The lowest BCUT2D eigenvalue weighted by Crippen LogP contribution is -2.41. The highest BCUT2D eigenvalue weighted by Gasteiger charge is 2.30. The summed E-state index contributed by atoms with van der Waals surface area (Å²) < 4.78 is 40.3. The molecule has 100 valence electrons. The van der Waals surface area contributed by atoms with Crippen molar-refractivity contribution in [2.45, 2.75) is 17.1 Å². The number of rotatable bonds is 2. The van der Waals surface area contributed by atoms with E-state index in [4.69, 9.17) is 0 Å². The van der Waals surface area contributed by atoms with Gasteiger partial charge in [-0.15, -0.1) is 0 Å². The summed E-state index contributed by atoms with van der Waals surface area (Å²) in [5.74, 6) is 0.0358. The summed E-state index contributed by atoms with van der Waals surface area (Å²) in [4.78, 5) is -0.246. The predicted molar refractivity (Wildman–Crippen MR) is 74.8 cm³/mol. The summed E-state index contributed by atoms with van der Waals surface area (Å²) in [6, 6.07) is 4.02. The van der Waals surface area contributed by atoms with Crippen LogP contribution >= 0.6 is 27.7 Å². The number of thioether (sulfide) groups is 1. The van der Waals surface area contributed by atoms with Crippen molar-refractivity contribution >= 4 is 37.7 Å². The summed E-state index contributed by atoms with van der Waals surface area (Å²) in [6.45, 7) is 2.85. The van der Waals surface area contributed by atoms with Crippen molar-refractivity contribution in [1.82, 2.24) is 4.31 Å². The van der Waals surface area contributed by atoms with Gasteiger partial charge in [-0.3, -0.25) is 0 Å². The van der Waals surface area contributed by atoms with Crippen molar-refractivity contribution in [2.24, 2.45) is 0 Å². The second kappa shape index (κ2) is 5.48. The molecule has 0 spiro atoms. The van der Waals surface area contributed by atoms with E-state index in [1.807, 2.05) is 6.92 Å². The molecule has 1 atom stereocenters. The minimum absolute atomic E-state index is 0.243. The van der Waals surface area contributed by atoms with Crippen LogP contribution in [0.15, 0.2) is 27.6 Å². The molecule has 1 fully saturated rings. The number of sulfonamides is 1. The van der Waals surface area contributed by atoms with E-state index in [-0.39, 0.29) is 10.1 Å². The van der Waals surface area contributed by atoms with Crippen molar-refractivity contribution in [3.8, 4) is 0 Å². The van der Waals surface area contributed by atoms with Crippen LogP contribution in [0.5, 0.6) is 0 Å². The first-order valence-corrected chi connectivity index (χ1v) is 8.76. The van der Waals surface area contributed by atoms with Gasteiger partial charge in [0.05, 0.1) is 0 Å². The summed E-state index contributed by atoms with van der Waals surface area (Å²) in [5, 5.41) is 0.243. The molecule has 1 heterocycles. The van der Waals surface area contributed by atoms with Gasteiger partial charge in [-0.25, -0.2) is 12.8 Å². The number of halogens is 2. The first kappa shape index (κ1) is 14.3. The van der Waals surface area contributed by atoms with E-state index in [0.717, 1.165) is 5.75 Å². The Morgan fingerprint density at radius 2 is 2.22 bits per heavy atom. The third-order valence-corrected chi connectivity index (χ3v) is 6.24. The average molecular weight is 354 g/mol. The molecule has 2 rings (SSSR count). The second-order valence-corrected chi connectivity index (χ2v) is 8.49. The number of hydrogen-bond acceptors (Lipinski definition) is 3. The second-order valence-electron chi connectivity index (χ2n) is 4.12. The maximum absolute atomic E-state index is 13.8. The largest absolute Gasteiger partial charge is 0.246 e. The standard InChI is InChI=1S/C11H13BrFNO2S2/c1-8-7-14(4-5-17-8)18(15,16)11-3-2-9(12)6-10(11)13/h2-3,6,8H,4-5,7H2,1H3. The molecule has 0 N–H and O–H groups in total. The van der Waals surface area contributed by atoms with Gasteiger partial charge in [0.1, 0.15) is 10.7 Å². The van der Waals surface area contributed by atoms with Gasteiger partial charge in [-0.05, 0) is 18.2 Å². The van der Waals surface area contributed by atoms with Crippen molar-refractivity contribution in [1.29, 1.82) is 0 Å². The molecule has 7 heteroatoms. The fraction of sp³-hybridized carbons (Fsp3) is 0.455. The zero-order valence-corrected chi connectivity index (χ0v) is 13.0. The average Bonchev–Trinajstić information content (AvgIpc) is 2.28. The molecular formula is C11H13BrFNO2S2. The fourth-order valence-corrected chi connectivity index (χ4v) is 4.96. The monoisotopic (exact) mass is 353 g/mol. The summed E-state index contributed by atoms with van der Waals surface area (Å²) in [6.07, 6.45) is 0. The normalized spacial score (nSPS) is 22.1. The zero-order chi connectivity index (χ0) is 13.3. The number of benzene rings is 1. The smallest absolute Gasteiger partial charge is 0.207 e. The number of hydrogen-bond donors (Lipinski definition) is 0. The lowest BCUT2D eigenvalue weighted by molar-refractivity contribution is 0.420. The molecule has 18 heavy (non-hydrogen) atoms. The van der Waals surface area contributed by atoms with E-state index < -0.39 is 15.8 Å². The molecule has 0 aromatic heterocycles. The molecule has 0 bridgehead atoms. The SMILES string of the molecule is CC1CN(S(=O)(=O)c2ccc(Br)cc2F)CCS1. The van der Waals surface area contributed by atoms with E-state index >= 15 is 0 Å². The van der Waals surface area contributed by atoms with Crippen LogP contribution in [0.3, 0.4) is 0 Å². The first-order valence-electron chi connectivity index (χ1n) is 5.48. The topological polar surface area (TPSA) is 37.4 Å². The Kier molecular flexibility index (Phi) is 4.36. The van der Waals surface area contributed by atoms with Gasteiger partial charge in [0.15, 0.2) is 0 Å². The highest BCUT2D eigenvalue weighted by molar-refractivity contribution is 9.10. The van der Waals surface area contributed by atoms with Crippen LogP contribution in [0.4, 0.5) is 4.39 Å². The van der Waals surface area contributed by atoms with E-state index in [1.165, 1.54) is 22.5 Å². The Labute approximate surface area is 119 Å². The summed E-state index contributed by atoms with van der Waals surface area (Å²) in [7, 11) is -3.72. The highest BCUT2D eigenvalue weighted by atomic mass is 79.9. The molecule has 1 unspecified atom stereocenters. The van der Waals surface area contributed by atoms with Crippen molar-refractivity contribution in [3.63, 3.8) is 0 Å². The highest BCUT2D eigenvalue weighted by Crippen LogP contribution is 2.26. The van der Waals surface area contributed by atoms with Gasteiger partial charge in [-0.2, -0.15) is 16.1 Å². The zero-order valence-electron chi connectivity index (χ0n) is 9.77. The molecule has 1 aromatic carbocycles. The van der Waals surface area contributed by atoms with E-state index in [9.17, 15) is 12.8 Å². The Morgan fingerprint density at radius 1 is 1.50 bits per heavy atom. The van der Waals surface area contributed by atoms with Crippen molar-refractivity contribution < 1.29 is 12.8 Å². The Balaban J connectivity index is 2.35. The van der Waals surface area contributed by atoms with Crippen LogP contribution in [-0.4, -0.2) is 36.8 Å². The van der Waals surface area contributed by atoms with Gasteiger partial charge >= 0.3 is 0 Å². The van der Waals surface area contributed by atoms with Crippen LogP contribution in [0.1, 0.15) is 6.92 Å². The minimum atomic E-state index is -3.72. The molecular weight excluding hydrogens is 341 g/mol. The van der Waals surface area contributed by atoms with Gasteiger partial charge in [-0.1, -0.05) is 22.9 Å². The molecule has 1 aliphatic rings. The molecule has 3 nitrogen and oxygen atoms in total. The first-order chi connectivity index (χ1) is 8.41. The third kappa shape index (κ3) is 2.89. The number of nitrogens with zero attached hydrogens (tertiary/aromatic N) is 1. The van der Waals surface area contributed by atoms with E-state index in [2.05, 4.69) is 15.9 Å². The molecule has 1 aliphatic heterocycles. The summed E-state index contributed by atoms with van der Waals surface area (Å²) >= 11 is 4.85. The predicted octanol–water partition coefficient (Wildman–Crippen LogP) is 2.71. The van der Waals surface area contributed by atoms with Crippen LogP contribution < -0.4 is 0 Å². The fourth-order valence-electron chi connectivity index (χ4n) is 1.83. The Hall–Kier alpha value is -0.110. The van der Waals surface area contributed by atoms with Gasteiger partial charge in [0.2, 0.25) is 10.0 Å². The van der Waals surface area contributed by atoms with Gasteiger partial charge < -0.3 is 0 Å². The third-order valence-electron chi connectivity index (χ3n) is 2.72. The maximum atomic E-state index is 13.8. The molecule has 0 amide bonds. The van der Waals surface area contributed by atoms with E-state index in [1.54, 1.807) is 11.8 Å². The molecule has 0 aliphatic carbocycles. The van der Waals surface area contributed by atoms with Gasteiger partial charge in [0.25, 0.3) is 0 Å². The van der Waals surface area contributed by atoms with Gasteiger partial charge in [0, 0.05) is 28.6 Å². The minimum Gasteiger partial charge on any atom is -0.207 e. The van der Waals surface area contributed by atoms with Crippen LogP contribution in [-0.2, 0) is 10.0 Å². The van der Waals surface area contributed by atoms with E-state index in [0.29, 0.717) is 17.6 Å². The molecule has 0 saturated carbocycles. The lowest BCUT2D eigenvalue weighted by Gasteiger charge is -2.29. The lowest BCUT2D eigenvalue weighted by atomic mass is 10.3. The van der Waals surface area contributed by atoms with Crippen LogP contribution in [0.2, 0.25) is 0 Å². The maximum Gasteiger partial charge on any atom is 0.246 e. The van der Waals surface area contributed by atoms with Crippen LogP contribution in [0.25, 0.3) is 0 Å². The molecule has 1 aromatic rings. The Morgan fingerprint density at radius 3 is 2.83 bits per heavy atom. The van der Waals surface area contributed by atoms with Crippen LogP contribution in [0, 0.1) is 5.82 Å². The molecule has 0 radical (unpaired) electrons. The Bertz CT molecular complexity index is 550. The van der Waals surface area contributed by atoms with Crippen molar-refractivity contribution in [3.05, 3.63) is 28.5 Å². The molecule has 1 saturated heterocycles. The summed E-state index contributed by atoms with van der Waals surface area (Å²) in [5.41, 5.74) is 0.